The maximum absolute atomic E-state index is 13.0. The van der Waals surface area contributed by atoms with E-state index in [4.69, 9.17) is 0 Å². The summed E-state index contributed by atoms with van der Waals surface area (Å²) in [7, 11) is 0. The molecule has 0 aliphatic heterocycles. The summed E-state index contributed by atoms with van der Waals surface area (Å²) in [6, 6.07) is 0.718. The Morgan fingerprint density at radius 3 is 2.50 bits per heavy atom. The second-order valence-corrected chi connectivity index (χ2v) is 7.35. The minimum Gasteiger partial charge on any atom is -0.352 e. The number of nitrogens with one attached hydrogen (secondary N) is 2. The lowest BCUT2D eigenvalue weighted by atomic mass is 10.2. The Kier molecular flexibility index (Phi) is 7.12. The highest BCUT2D eigenvalue weighted by molar-refractivity contribution is 5.92. The second-order valence-electron chi connectivity index (χ2n) is 7.35. The standard InChI is InChI=1S/C19H19F6N7O2/c1-11(19(23,24)25)32-14(3-5-28-32)17(34)27-9-13-10-31-15(30-13)6-12(8-29-31)7-26-16(33)2-4-18(20,21)22/h3,5-6,8,10-11H,2,4,7,9H2,1H3,(H,26,33)(H,27,34). The number of hydrogen-bond donors (Lipinski definition) is 2. The fourth-order valence-electron chi connectivity index (χ4n) is 2.89. The minimum atomic E-state index is -4.58. The summed E-state index contributed by atoms with van der Waals surface area (Å²) >= 11 is 0. The summed E-state index contributed by atoms with van der Waals surface area (Å²) in [6.07, 6.45) is -6.95. The van der Waals surface area contributed by atoms with Crippen LogP contribution in [0.2, 0.25) is 0 Å². The zero-order chi connectivity index (χ0) is 25.1. The third-order valence-corrected chi connectivity index (χ3v) is 4.73. The topological polar surface area (TPSA) is 106 Å². The highest BCUT2D eigenvalue weighted by atomic mass is 19.4. The summed E-state index contributed by atoms with van der Waals surface area (Å²) in [5.74, 6) is -1.54. The largest absolute Gasteiger partial charge is 0.410 e. The zero-order valence-electron chi connectivity index (χ0n) is 17.6. The summed E-state index contributed by atoms with van der Waals surface area (Å²) in [4.78, 5) is 28.1. The van der Waals surface area contributed by atoms with Crippen molar-refractivity contribution in [3.05, 3.63) is 47.7 Å². The highest BCUT2D eigenvalue weighted by Crippen LogP contribution is 2.30. The Balaban J connectivity index is 1.59. The molecule has 0 saturated heterocycles. The quantitative estimate of drug-likeness (QED) is 0.472. The van der Waals surface area contributed by atoms with E-state index < -0.39 is 43.1 Å². The summed E-state index contributed by atoms with van der Waals surface area (Å²) in [5, 5.41) is 12.5. The maximum atomic E-state index is 13.0. The lowest BCUT2D eigenvalue weighted by Crippen LogP contribution is -2.31. The zero-order valence-corrected chi connectivity index (χ0v) is 17.6. The van der Waals surface area contributed by atoms with E-state index in [-0.39, 0.29) is 18.8 Å². The van der Waals surface area contributed by atoms with E-state index in [0.717, 1.165) is 19.2 Å². The number of imidazole rings is 1. The van der Waals surface area contributed by atoms with Gasteiger partial charge in [0, 0.05) is 19.2 Å². The predicted molar refractivity (Wildman–Crippen MR) is 104 cm³/mol. The predicted octanol–water partition coefficient (Wildman–Crippen LogP) is 2.94. The van der Waals surface area contributed by atoms with Crippen LogP contribution in [0, 0.1) is 0 Å². The van der Waals surface area contributed by atoms with E-state index in [1.54, 1.807) is 6.07 Å². The van der Waals surface area contributed by atoms with Gasteiger partial charge in [-0.2, -0.15) is 36.5 Å². The van der Waals surface area contributed by atoms with Gasteiger partial charge in [0.2, 0.25) is 5.91 Å². The van der Waals surface area contributed by atoms with Crippen LogP contribution in [0.15, 0.2) is 30.7 Å². The molecule has 9 nitrogen and oxygen atoms in total. The van der Waals surface area contributed by atoms with Crippen molar-refractivity contribution in [1.29, 1.82) is 0 Å². The molecule has 0 radical (unpaired) electrons. The van der Waals surface area contributed by atoms with Gasteiger partial charge in [-0.25, -0.2) is 14.2 Å². The Hall–Kier alpha value is -3.65. The van der Waals surface area contributed by atoms with E-state index in [2.05, 4.69) is 25.8 Å². The van der Waals surface area contributed by atoms with Gasteiger partial charge in [-0.05, 0) is 24.6 Å². The van der Waals surface area contributed by atoms with Crippen molar-refractivity contribution in [2.75, 3.05) is 0 Å². The van der Waals surface area contributed by atoms with Crippen LogP contribution in [-0.2, 0) is 17.9 Å². The maximum Gasteiger partial charge on any atom is 0.410 e. The van der Waals surface area contributed by atoms with Crippen LogP contribution in [0.4, 0.5) is 26.3 Å². The van der Waals surface area contributed by atoms with Crippen LogP contribution in [0.3, 0.4) is 0 Å². The SMILES string of the molecule is CC(n1nccc1C(=O)NCc1cn2ncc(CNC(=O)CCC(F)(F)F)cc2n1)C(F)(F)F. The molecule has 0 spiro atoms. The van der Waals surface area contributed by atoms with Gasteiger partial charge in [0.1, 0.15) is 11.7 Å². The molecule has 1 atom stereocenters. The molecule has 0 aliphatic carbocycles. The number of carbonyl (C=O) groups is 2. The molecule has 0 fully saturated rings. The monoisotopic (exact) mass is 491 g/mol. The smallest absolute Gasteiger partial charge is 0.352 e. The number of fused-ring (bicyclic) bond motifs is 1. The molecule has 15 heteroatoms. The first-order chi connectivity index (χ1) is 15.8. The Morgan fingerprint density at radius 2 is 1.82 bits per heavy atom. The summed E-state index contributed by atoms with van der Waals surface area (Å²) < 4.78 is 77.4. The molecule has 1 unspecified atom stereocenters. The summed E-state index contributed by atoms with van der Waals surface area (Å²) in [6.45, 7) is 0.714. The van der Waals surface area contributed by atoms with Gasteiger partial charge in [0.25, 0.3) is 5.91 Å². The Labute approximate surface area is 188 Å². The molecule has 0 saturated carbocycles. The van der Waals surface area contributed by atoms with Crippen molar-refractivity contribution in [3.63, 3.8) is 0 Å². The first-order valence-electron chi connectivity index (χ1n) is 9.88. The molecule has 184 valence electrons. The van der Waals surface area contributed by atoms with Gasteiger partial charge in [-0.1, -0.05) is 0 Å². The number of hydrogen-bond acceptors (Lipinski definition) is 5. The van der Waals surface area contributed by atoms with E-state index in [0.29, 0.717) is 21.6 Å². The van der Waals surface area contributed by atoms with Crippen LogP contribution in [0.25, 0.3) is 5.65 Å². The molecule has 3 aromatic heterocycles. The van der Waals surface area contributed by atoms with Gasteiger partial charge < -0.3 is 10.6 Å². The average molecular weight is 491 g/mol. The number of halogens is 6. The molecule has 0 bridgehead atoms. The first-order valence-corrected chi connectivity index (χ1v) is 9.88. The van der Waals surface area contributed by atoms with Gasteiger partial charge >= 0.3 is 12.4 Å². The number of rotatable bonds is 8. The molecule has 3 aromatic rings. The molecule has 3 rings (SSSR count). The molecule has 2 N–H and O–H groups in total. The molecular weight excluding hydrogens is 472 g/mol. The van der Waals surface area contributed by atoms with Gasteiger partial charge in [0.15, 0.2) is 5.65 Å². The fourth-order valence-corrected chi connectivity index (χ4v) is 2.89. The van der Waals surface area contributed by atoms with Crippen molar-refractivity contribution in [3.8, 4) is 0 Å². The number of nitrogens with zero attached hydrogens (tertiary/aromatic N) is 5. The van der Waals surface area contributed by atoms with Crippen molar-refractivity contribution in [1.82, 2.24) is 35.0 Å². The van der Waals surface area contributed by atoms with Gasteiger partial charge in [-0.3, -0.25) is 9.59 Å². The normalized spacial score (nSPS) is 13.1. The van der Waals surface area contributed by atoms with E-state index in [1.807, 2.05) is 0 Å². The molecule has 0 aromatic carbocycles. The minimum absolute atomic E-state index is 0.0551. The van der Waals surface area contributed by atoms with Crippen molar-refractivity contribution in [2.45, 2.75) is 51.2 Å². The number of aromatic nitrogens is 5. The number of alkyl halides is 6. The summed E-state index contributed by atoms with van der Waals surface area (Å²) in [5.41, 5.74) is 0.901. The van der Waals surface area contributed by atoms with Gasteiger partial charge in [-0.15, -0.1) is 0 Å². The molecule has 2 amide bonds. The molecular formula is C19H19F6N7O2. The number of carbonyl (C=O) groups excluding carboxylic acids is 2. The van der Waals surface area contributed by atoms with Crippen LogP contribution < -0.4 is 10.6 Å². The lowest BCUT2D eigenvalue weighted by Gasteiger charge is -2.18. The number of amides is 2. The van der Waals surface area contributed by atoms with E-state index in [1.165, 1.54) is 16.9 Å². The van der Waals surface area contributed by atoms with Crippen LogP contribution >= 0.6 is 0 Å². The van der Waals surface area contributed by atoms with Crippen LogP contribution in [0.5, 0.6) is 0 Å². The van der Waals surface area contributed by atoms with E-state index in [9.17, 15) is 35.9 Å². The van der Waals surface area contributed by atoms with E-state index >= 15 is 0 Å². The lowest BCUT2D eigenvalue weighted by molar-refractivity contribution is -0.165. The van der Waals surface area contributed by atoms with Crippen molar-refractivity contribution in [2.24, 2.45) is 0 Å². The average Bonchev–Trinajstić information content (AvgIpc) is 3.39. The second kappa shape index (κ2) is 9.69. The molecule has 3 heterocycles. The first kappa shape index (κ1) is 25.0. The Bertz CT molecular complexity index is 1170. The van der Waals surface area contributed by atoms with Crippen molar-refractivity contribution >= 4 is 17.5 Å². The van der Waals surface area contributed by atoms with Crippen LogP contribution in [0.1, 0.15) is 47.6 Å². The molecule has 34 heavy (non-hydrogen) atoms. The third kappa shape index (κ3) is 6.45. The van der Waals surface area contributed by atoms with Gasteiger partial charge in [0.05, 0.1) is 31.1 Å². The third-order valence-electron chi connectivity index (χ3n) is 4.73. The fraction of sp³-hybridized carbons (Fsp3) is 0.421. The highest BCUT2D eigenvalue weighted by Gasteiger charge is 2.39. The molecule has 0 aliphatic rings. The van der Waals surface area contributed by atoms with Crippen molar-refractivity contribution < 1.29 is 35.9 Å². The Morgan fingerprint density at radius 1 is 1.09 bits per heavy atom. The van der Waals surface area contributed by atoms with Crippen LogP contribution in [-0.4, -0.2) is 48.5 Å².